The van der Waals surface area contributed by atoms with Crippen molar-refractivity contribution in [2.24, 2.45) is 0 Å². The number of rotatable bonds is 1. The molecule has 15 heavy (non-hydrogen) atoms. The lowest BCUT2D eigenvalue weighted by atomic mass is 10.1. The highest BCUT2D eigenvalue weighted by molar-refractivity contribution is 5.91. The summed E-state index contributed by atoms with van der Waals surface area (Å²) in [5.74, 6) is -0.541. The molecule has 1 rings (SSSR count). The van der Waals surface area contributed by atoms with E-state index in [1.165, 1.54) is 18.2 Å². The van der Waals surface area contributed by atoms with Crippen LogP contribution in [0.15, 0.2) is 18.2 Å². The molecule has 0 aliphatic heterocycles. The molecule has 82 valence electrons. The number of hydrogen-bond donors (Lipinski definition) is 2. The van der Waals surface area contributed by atoms with Crippen LogP contribution in [-0.4, -0.2) is 16.7 Å². The summed E-state index contributed by atoms with van der Waals surface area (Å²) in [5.41, 5.74) is 5.52. The lowest BCUT2D eigenvalue weighted by Crippen LogP contribution is -2.23. The Balaban J connectivity index is 2.92. The minimum atomic E-state index is -0.558. The first-order valence-corrected chi connectivity index (χ1v) is 4.61. The molecule has 1 aromatic carbocycles. The van der Waals surface area contributed by atoms with Gasteiger partial charge < -0.3 is 15.6 Å². The van der Waals surface area contributed by atoms with Crippen molar-refractivity contribution in [2.45, 2.75) is 26.4 Å². The van der Waals surface area contributed by atoms with Gasteiger partial charge in [-0.3, -0.25) is 0 Å². The Bertz CT molecular complexity index is 360. The minimum absolute atomic E-state index is 0.0455. The standard InChI is InChI=1S/C11H15NO3/c1-11(2,3)15-10(14)7-4-8(12)6-9(13)5-7/h4-6,13H,12H2,1-3H3. The third-order valence-electron chi connectivity index (χ3n) is 1.57. The van der Waals surface area contributed by atoms with Crippen LogP contribution in [0.1, 0.15) is 31.1 Å². The van der Waals surface area contributed by atoms with Gasteiger partial charge in [-0.1, -0.05) is 0 Å². The van der Waals surface area contributed by atoms with Crippen LogP contribution < -0.4 is 5.73 Å². The molecule has 0 aliphatic rings. The second-order valence-corrected chi connectivity index (χ2v) is 4.32. The van der Waals surface area contributed by atoms with Gasteiger partial charge in [-0.15, -0.1) is 0 Å². The zero-order valence-corrected chi connectivity index (χ0v) is 9.07. The van der Waals surface area contributed by atoms with Crippen molar-refractivity contribution in [2.75, 3.05) is 5.73 Å². The average Bonchev–Trinajstić information content (AvgIpc) is 1.98. The Kier molecular flexibility index (Phi) is 2.88. The van der Waals surface area contributed by atoms with E-state index in [9.17, 15) is 9.90 Å². The summed E-state index contributed by atoms with van der Waals surface area (Å²) in [7, 11) is 0. The van der Waals surface area contributed by atoms with Gasteiger partial charge in [-0.2, -0.15) is 0 Å². The maximum Gasteiger partial charge on any atom is 0.338 e. The highest BCUT2D eigenvalue weighted by Crippen LogP contribution is 2.19. The zero-order chi connectivity index (χ0) is 11.6. The maximum absolute atomic E-state index is 11.6. The van der Waals surface area contributed by atoms with E-state index in [1.54, 1.807) is 20.8 Å². The first kappa shape index (κ1) is 11.4. The number of nitrogen functional groups attached to an aromatic ring is 1. The smallest absolute Gasteiger partial charge is 0.338 e. The van der Waals surface area contributed by atoms with E-state index in [0.29, 0.717) is 5.69 Å². The molecule has 0 radical (unpaired) electrons. The number of esters is 1. The van der Waals surface area contributed by atoms with Gasteiger partial charge >= 0.3 is 5.97 Å². The fraction of sp³-hybridized carbons (Fsp3) is 0.364. The second kappa shape index (κ2) is 3.81. The molecule has 0 amide bonds. The molecule has 0 atom stereocenters. The number of benzene rings is 1. The molecule has 3 N–H and O–H groups in total. The Hall–Kier alpha value is -1.71. The number of aromatic hydroxyl groups is 1. The van der Waals surface area contributed by atoms with Crippen LogP contribution >= 0.6 is 0 Å². The Morgan fingerprint density at radius 2 is 1.93 bits per heavy atom. The van der Waals surface area contributed by atoms with Crippen LogP contribution in [0.5, 0.6) is 5.75 Å². The minimum Gasteiger partial charge on any atom is -0.508 e. The second-order valence-electron chi connectivity index (χ2n) is 4.32. The van der Waals surface area contributed by atoms with Gasteiger partial charge in [0.05, 0.1) is 5.56 Å². The van der Waals surface area contributed by atoms with Gasteiger partial charge in [0.15, 0.2) is 0 Å². The van der Waals surface area contributed by atoms with Crippen LogP contribution in [0.2, 0.25) is 0 Å². The number of carbonyl (C=O) groups excluding carboxylic acids is 1. The number of phenolic OH excluding ortho intramolecular Hbond substituents is 1. The summed E-state index contributed by atoms with van der Waals surface area (Å²) in [6.07, 6.45) is 0. The topological polar surface area (TPSA) is 72.5 Å². The zero-order valence-electron chi connectivity index (χ0n) is 9.07. The van der Waals surface area contributed by atoms with E-state index in [0.717, 1.165) is 0 Å². The van der Waals surface area contributed by atoms with Gasteiger partial charge in [0.25, 0.3) is 0 Å². The van der Waals surface area contributed by atoms with E-state index in [1.807, 2.05) is 0 Å². The third kappa shape index (κ3) is 3.50. The summed E-state index contributed by atoms with van der Waals surface area (Å²) >= 11 is 0. The molecule has 4 nitrogen and oxygen atoms in total. The number of anilines is 1. The molecule has 0 spiro atoms. The molecule has 0 unspecified atom stereocenters. The Morgan fingerprint density at radius 1 is 1.33 bits per heavy atom. The van der Waals surface area contributed by atoms with E-state index in [2.05, 4.69) is 0 Å². The average molecular weight is 209 g/mol. The van der Waals surface area contributed by atoms with Crippen LogP contribution in [0.25, 0.3) is 0 Å². The molecule has 0 bridgehead atoms. The normalized spacial score (nSPS) is 11.1. The molecule has 0 aliphatic carbocycles. The number of phenols is 1. The lowest BCUT2D eigenvalue weighted by molar-refractivity contribution is 0.00692. The first-order chi connectivity index (χ1) is 6.78. The van der Waals surface area contributed by atoms with E-state index >= 15 is 0 Å². The molecular weight excluding hydrogens is 194 g/mol. The Morgan fingerprint density at radius 3 is 2.40 bits per heavy atom. The number of hydrogen-bond acceptors (Lipinski definition) is 4. The van der Waals surface area contributed by atoms with Crippen molar-refractivity contribution in [3.8, 4) is 5.75 Å². The summed E-state index contributed by atoms with van der Waals surface area (Å²) < 4.78 is 5.13. The van der Waals surface area contributed by atoms with Crippen molar-refractivity contribution in [3.63, 3.8) is 0 Å². The molecule has 4 heteroatoms. The van der Waals surface area contributed by atoms with E-state index in [-0.39, 0.29) is 11.3 Å². The highest BCUT2D eigenvalue weighted by atomic mass is 16.6. The van der Waals surface area contributed by atoms with Crippen molar-refractivity contribution in [1.82, 2.24) is 0 Å². The summed E-state index contributed by atoms with van der Waals surface area (Å²) in [4.78, 5) is 11.6. The van der Waals surface area contributed by atoms with Gasteiger partial charge in [-0.25, -0.2) is 4.79 Å². The van der Waals surface area contributed by atoms with Crippen molar-refractivity contribution in [1.29, 1.82) is 0 Å². The number of carbonyl (C=O) groups is 1. The molecule has 0 aromatic heterocycles. The summed E-state index contributed by atoms with van der Waals surface area (Å²) in [6.45, 7) is 5.32. The van der Waals surface area contributed by atoms with Gasteiger partial charge in [0, 0.05) is 11.8 Å². The quantitative estimate of drug-likeness (QED) is 0.547. The fourth-order valence-electron chi connectivity index (χ4n) is 1.09. The number of nitrogens with two attached hydrogens (primary N) is 1. The van der Waals surface area contributed by atoms with Crippen molar-refractivity contribution < 1.29 is 14.6 Å². The van der Waals surface area contributed by atoms with Crippen molar-refractivity contribution in [3.05, 3.63) is 23.8 Å². The Labute approximate surface area is 88.7 Å². The third-order valence-corrected chi connectivity index (χ3v) is 1.57. The van der Waals surface area contributed by atoms with E-state index < -0.39 is 11.6 Å². The largest absolute Gasteiger partial charge is 0.508 e. The molecule has 0 saturated carbocycles. The predicted molar refractivity (Wildman–Crippen MR) is 57.7 cm³/mol. The SMILES string of the molecule is CC(C)(C)OC(=O)c1cc(N)cc(O)c1. The van der Waals surface area contributed by atoms with Crippen LogP contribution in [0.4, 0.5) is 5.69 Å². The monoisotopic (exact) mass is 209 g/mol. The maximum atomic E-state index is 11.6. The lowest BCUT2D eigenvalue weighted by Gasteiger charge is -2.19. The predicted octanol–water partition coefficient (Wildman–Crippen LogP) is 1.93. The molecule has 0 heterocycles. The first-order valence-electron chi connectivity index (χ1n) is 4.61. The highest BCUT2D eigenvalue weighted by Gasteiger charge is 2.18. The summed E-state index contributed by atoms with van der Waals surface area (Å²) in [6, 6.07) is 4.16. The molecule has 1 aromatic rings. The number of ether oxygens (including phenoxy) is 1. The molecular formula is C11H15NO3. The van der Waals surface area contributed by atoms with Crippen molar-refractivity contribution >= 4 is 11.7 Å². The van der Waals surface area contributed by atoms with Gasteiger partial charge in [0.2, 0.25) is 0 Å². The van der Waals surface area contributed by atoms with Crippen LogP contribution in [0, 0.1) is 0 Å². The van der Waals surface area contributed by atoms with Gasteiger partial charge in [0.1, 0.15) is 11.4 Å². The molecule has 0 fully saturated rings. The van der Waals surface area contributed by atoms with Gasteiger partial charge in [-0.05, 0) is 32.9 Å². The van der Waals surface area contributed by atoms with Crippen LogP contribution in [0.3, 0.4) is 0 Å². The summed E-state index contributed by atoms with van der Waals surface area (Å²) in [5, 5.41) is 9.25. The molecule has 0 saturated heterocycles. The van der Waals surface area contributed by atoms with Crippen LogP contribution in [-0.2, 0) is 4.74 Å². The van der Waals surface area contributed by atoms with E-state index in [4.69, 9.17) is 10.5 Å². The fourth-order valence-corrected chi connectivity index (χ4v) is 1.09.